The van der Waals surface area contributed by atoms with Crippen LogP contribution in [0.2, 0.25) is 0 Å². The SMILES string of the molecule is O=S(=O)(c1cnc(-c2ccccc2)nc1)N1CCN(C2CCOCC2)CC1. The Kier molecular flexibility index (Phi) is 5.49. The van der Waals surface area contributed by atoms with Crippen LogP contribution in [0.15, 0.2) is 47.6 Å². The van der Waals surface area contributed by atoms with Crippen LogP contribution in [0.5, 0.6) is 0 Å². The molecule has 1 aromatic carbocycles. The van der Waals surface area contributed by atoms with E-state index in [1.807, 2.05) is 30.3 Å². The molecule has 144 valence electrons. The predicted molar refractivity (Wildman–Crippen MR) is 102 cm³/mol. The molecule has 0 spiro atoms. The van der Waals surface area contributed by atoms with Gasteiger partial charge < -0.3 is 4.74 Å². The van der Waals surface area contributed by atoms with Crippen molar-refractivity contribution in [3.63, 3.8) is 0 Å². The lowest BCUT2D eigenvalue weighted by molar-refractivity contribution is 0.0229. The minimum Gasteiger partial charge on any atom is -0.381 e. The van der Waals surface area contributed by atoms with Crippen LogP contribution < -0.4 is 0 Å². The number of ether oxygens (including phenoxy) is 1. The second-order valence-electron chi connectivity index (χ2n) is 6.89. The average molecular weight is 388 g/mol. The monoisotopic (exact) mass is 388 g/mol. The maximum absolute atomic E-state index is 12.9. The van der Waals surface area contributed by atoms with Crippen molar-refractivity contribution in [3.8, 4) is 11.4 Å². The summed E-state index contributed by atoms with van der Waals surface area (Å²) in [5, 5.41) is 0. The number of sulfonamides is 1. The van der Waals surface area contributed by atoms with Crippen molar-refractivity contribution in [2.45, 2.75) is 23.8 Å². The number of nitrogens with zero attached hydrogens (tertiary/aromatic N) is 4. The molecule has 2 saturated heterocycles. The Morgan fingerprint density at radius 2 is 1.56 bits per heavy atom. The van der Waals surface area contributed by atoms with E-state index >= 15 is 0 Å². The number of benzene rings is 1. The summed E-state index contributed by atoms with van der Waals surface area (Å²) in [5.74, 6) is 0.527. The summed E-state index contributed by atoms with van der Waals surface area (Å²) >= 11 is 0. The molecule has 2 fully saturated rings. The van der Waals surface area contributed by atoms with Crippen molar-refractivity contribution in [2.75, 3.05) is 39.4 Å². The third kappa shape index (κ3) is 4.03. The highest BCUT2D eigenvalue weighted by Gasteiger charge is 2.32. The van der Waals surface area contributed by atoms with E-state index in [1.165, 1.54) is 12.4 Å². The van der Waals surface area contributed by atoms with Gasteiger partial charge in [0, 0.05) is 51.0 Å². The lowest BCUT2D eigenvalue weighted by Crippen LogP contribution is -2.52. The molecule has 27 heavy (non-hydrogen) atoms. The van der Waals surface area contributed by atoms with Crippen LogP contribution in [0.4, 0.5) is 0 Å². The zero-order valence-electron chi connectivity index (χ0n) is 15.2. The van der Waals surface area contributed by atoms with Crippen molar-refractivity contribution >= 4 is 10.0 Å². The van der Waals surface area contributed by atoms with Gasteiger partial charge in [-0.2, -0.15) is 4.31 Å². The van der Waals surface area contributed by atoms with Crippen LogP contribution in [0.25, 0.3) is 11.4 Å². The maximum atomic E-state index is 12.9. The first kappa shape index (κ1) is 18.5. The number of rotatable bonds is 4. The molecule has 3 heterocycles. The van der Waals surface area contributed by atoms with Crippen molar-refractivity contribution in [1.82, 2.24) is 19.2 Å². The zero-order chi connectivity index (χ0) is 18.7. The molecular weight excluding hydrogens is 364 g/mol. The standard InChI is InChI=1S/C19H24N4O3S/c24-27(25,18-14-20-19(21-15-18)16-4-2-1-3-5-16)23-10-8-22(9-11-23)17-6-12-26-13-7-17/h1-5,14-15,17H,6-13H2. The Labute approximate surface area is 160 Å². The van der Waals surface area contributed by atoms with Gasteiger partial charge in [0.2, 0.25) is 10.0 Å². The topological polar surface area (TPSA) is 75.6 Å². The summed E-state index contributed by atoms with van der Waals surface area (Å²) in [4.78, 5) is 11.1. The van der Waals surface area contributed by atoms with Crippen molar-refractivity contribution in [3.05, 3.63) is 42.7 Å². The van der Waals surface area contributed by atoms with E-state index < -0.39 is 10.0 Å². The average Bonchev–Trinajstić information content (AvgIpc) is 2.75. The van der Waals surface area contributed by atoms with E-state index in [4.69, 9.17) is 4.74 Å². The van der Waals surface area contributed by atoms with Crippen LogP contribution >= 0.6 is 0 Å². The fraction of sp³-hybridized carbons (Fsp3) is 0.474. The van der Waals surface area contributed by atoms with E-state index in [0.717, 1.165) is 44.7 Å². The van der Waals surface area contributed by atoms with E-state index in [0.29, 0.717) is 25.0 Å². The Morgan fingerprint density at radius 3 is 2.19 bits per heavy atom. The van der Waals surface area contributed by atoms with Crippen LogP contribution in [-0.4, -0.2) is 73.0 Å². The Balaban J connectivity index is 1.43. The molecule has 0 saturated carbocycles. The summed E-state index contributed by atoms with van der Waals surface area (Å²) in [6.07, 6.45) is 4.88. The van der Waals surface area contributed by atoms with Gasteiger partial charge in [0.25, 0.3) is 0 Å². The predicted octanol–water partition coefficient (Wildman–Crippen LogP) is 1.63. The number of aromatic nitrogens is 2. The zero-order valence-corrected chi connectivity index (χ0v) is 16.0. The van der Waals surface area contributed by atoms with Crippen molar-refractivity contribution in [1.29, 1.82) is 0 Å². The molecule has 0 amide bonds. The molecule has 0 unspecified atom stereocenters. The van der Waals surface area contributed by atoms with Gasteiger partial charge in [0.1, 0.15) is 4.90 Å². The molecule has 1 aromatic heterocycles. The summed E-state index contributed by atoms with van der Waals surface area (Å²) in [7, 11) is -3.56. The maximum Gasteiger partial charge on any atom is 0.246 e. The normalized spacial score (nSPS) is 20.6. The van der Waals surface area contributed by atoms with Crippen LogP contribution in [0.1, 0.15) is 12.8 Å². The molecule has 0 N–H and O–H groups in total. The third-order valence-corrected chi connectivity index (χ3v) is 7.13. The lowest BCUT2D eigenvalue weighted by Gasteiger charge is -2.40. The highest BCUT2D eigenvalue weighted by molar-refractivity contribution is 7.89. The van der Waals surface area contributed by atoms with E-state index in [9.17, 15) is 8.42 Å². The first-order valence-electron chi connectivity index (χ1n) is 9.34. The van der Waals surface area contributed by atoms with E-state index in [1.54, 1.807) is 4.31 Å². The minimum atomic E-state index is -3.56. The molecule has 0 aliphatic carbocycles. The number of hydrogen-bond donors (Lipinski definition) is 0. The highest BCUT2D eigenvalue weighted by Crippen LogP contribution is 2.21. The Morgan fingerprint density at radius 1 is 0.926 bits per heavy atom. The summed E-state index contributed by atoms with van der Waals surface area (Å²) in [6, 6.07) is 10.0. The molecule has 7 nitrogen and oxygen atoms in total. The van der Waals surface area contributed by atoms with Gasteiger partial charge in [-0.25, -0.2) is 18.4 Å². The quantitative estimate of drug-likeness (QED) is 0.792. The summed E-state index contributed by atoms with van der Waals surface area (Å²) < 4.78 is 32.8. The molecule has 0 bridgehead atoms. The fourth-order valence-electron chi connectivity index (χ4n) is 3.69. The molecule has 4 rings (SSSR count). The smallest absolute Gasteiger partial charge is 0.246 e. The van der Waals surface area contributed by atoms with Gasteiger partial charge in [0.15, 0.2) is 5.82 Å². The van der Waals surface area contributed by atoms with Crippen molar-refractivity contribution < 1.29 is 13.2 Å². The van der Waals surface area contributed by atoms with Gasteiger partial charge in [-0.15, -0.1) is 0 Å². The van der Waals surface area contributed by atoms with Crippen LogP contribution in [0.3, 0.4) is 0 Å². The van der Waals surface area contributed by atoms with Crippen molar-refractivity contribution in [2.24, 2.45) is 0 Å². The number of hydrogen-bond acceptors (Lipinski definition) is 6. The molecular formula is C19H24N4O3S. The largest absolute Gasteiger partial charge is 0.381 e. The Hall–Kier alpha value is -1.87. The van der Waals surface area contributed by atoms with Crippen LogP contribution in [0, 0.1) is 0 Å². The summed E-state index contributed by atoms with van der Waals surface area (Å²) in [5.41, 5.74) is 0.867. The van der Waals surface area contributed by atoms with Gasteiger partial charge in [0.05, 0.1) is 12.4 Å². The van der Waals surface area contributed by atoms with Gasteiger partial charge in [-0.05, 0) is 12.8 Å². The third-order valence-electron chi connectivity index (χ3n) is 5.28. The van der Waals surface area contributed by atoms with E-state index in [-0.39, 0.29) is 4.90 Å². The molecule has 0 atom stereocenters. The van der Waals surface area contributed by atoms with Gasteiger partial charge in [-0.3, -0.25) is 4.90 Å². The fourth-order valence-corrected chi connectivity index (χ4v) is 5.01. The molecule has 2 aliphatic heterocycles. The van der Waals surface area contributed by atoms with E-state index in [2.05, 4.69) is 14.9 Å². The lowest BCUT2D eigenvalue weighted by atomic mass is 10.1. The molecule has 8 heteroatoms. The summed E-state index contributed by atoms with van der Waals surface area (Å²) in [6.45, 7) is 4.11. The van der Waals surface area contributed by atoms with Crippen LogP contribution in [-0.2, 0) is 14.8 Å². The molecule has 0 radical (unpaired) electrons. The first-order chi connectivity index (χ1) is 13.1. The second kappa shape index (κ2) is 8.02. The Bertz CT molecular complexity index is 844. The molecule has 2 aromatic rings. The minimum absolute atomic E-state index is 0.154. The molecule has 2 aliphatic rings. The highest BCUT2D eigenvalue weighted by atomic mass is 32.2. The van der Waals surface area contributed by atoms with Gasteiger partial charge in [-0.1, -0.05) is 30.3 Å². The number of piperazine rings is 1. The second-order valence-corrected chi connectivity index (χ2v) is 8.83. The first-order valence-corrected chi connectivity index (χ1v) is 10.8. The van der Waals surface area contributed by atoms with Gasteiger partial charge >= 0.3 is 0 Å².